The summed E-state index contributed by atoms with van der Waals surface area (Å²) in [6.07, 6.45) is 0.909. The Hall–Kier alpha value is -1.35. The monoisotopic (exact) mass is 249 g/mol. The zero-order chi connectivity index (χ0) is 13.5. The standard InChI is InChI=1S/C15H23NO2/c1-5-12(2)15(17)11-16(3)10-13-7-6-8-14(9-13)18-4/h6-9,12H,5,10-11H2,1-4H3. The van der Waals surface area contributed by atoms with E-state index < -0.39 is 0 Å². The molecule has 0 saturated carbocycles. The lowest BCUT2D eigenvalue weighted by Crippen LogP contribution is -2.28. The number of benzene rings is 1. The topological polar surface area (TPSA) is 29.5 Å². The lowest BCUT2D eigenvalue weighted by atomic mass is 10.0. The summed E-state index contributed by atoms with van der Waals surface area (Å²) < 4.78 is 5.19. The largest absolute Gasteiger partial charge is 0.497 e. The van der Waals surface area contributed by atoms with Crippen LogP contribution in [0.1, 0.15) is 25.8 Å². The Balaban J connectivity index is 2.53. The Morgan fingerprint density at radius 2 is 2.17 bits per heavy atom. The van der Waals surface area contributed by atoms with Gasteiger partial charge in [-0.05, 0) is 31.2 Å². The average molecular weight is 249 g/mol. The van der Waals surface area contributed by atoms with E-state index in [1.54, 1.807) is 7.11 Å². The molecule has 0 aliphatic rings. The molecule has 3 nitrogen and oxygen atoms in total. The van der Waals surface area contributed by atoms with Crippen molar-refractivity contribution in [2.75, 3.05) is 20.7 Å². The van der Waals surface area contributed by atoms with Crippen molar-refractivity contribution in [1.29, 1.82) is 0 Å². The molecule has 0 radical (unpaired) electrons. The minimum atomic E-state index is 0.151. The lowest BCUT2D eigenvalue weighted by Gasteiger charge is -2.18. The minimum absolute atomic E-state index is 0.151. The molecule has 0 aliphatic heterocycles. The zero-order valence-corrected chi connectivity index (χ0v) is 11.8. The number of methoxy groups -OCH3 is 1. The van der Waals surface area contributed by atoms with E-state index in [9.17, 15) is 4.79 Å². The van der Waals surface area contributed by atoms with Gasteiger partial charge in [-0.1, -0.05) is 26.0 Å². The summed E-state index contributed by atoms with van der Waals surface area (Å²) in [6, 6.07) is 7.95. The van der Waals surface area contributed by atoms with Crippen LogP contribution in [0.3, 0.4) is 0 Å². The number of hydrogen-bond donors (Lipinski definition) is 0. The van der Waals surface area contributed by atoms with Gasteiger partial charge in [-0.25, -0.2) is 0 Å². The Kier molecular flexibility index (Phi) is 5.86. The van der Waals surface area contributed by atoms with Crippen LogP contribution < -0.4 is 4.74 Å². The molecule has 1 aromatic carbocycles. The molecule has 18 heavy (non-hydrogen) atoms. The first-order valence-corrected chi connectivity index (χ1v) is 6.41. The van der Waals surface area contributed by atoms with Crippen LogP contribution in [0.4, 0.5) is 0 Å². The summed E-state index contributed by atoms with van der Waals surface area (Å²) in [5, 5.41) is 0. The molecule has 1 aromatic rings. The first-order valence-electron chi connectivity index (χ1n) is 6.41. The molecule has 1 rings (SSSR count). The molecule has 1 unspecified atom stereocenters. The molecule has 0 aliphatic carbocycles. The molecule has 0 aromatic heterocycles. The lowest BCUT2D eigenvalue weighted by molar-refractivity contribution is -0.123. The number of ether oxygens (including phenoxy) is 1. The van der Waals surface area contributed by atoms with Crippen molar-refractivity contribution in [1.82, 2.24) is 4.90 Å². The Bertz CT molecular complexity index is 390. The SMILES string of the molecule is CCC(C)C(=O)CN(C)Cc1cccc(OC)c1. The van der Waals surface area contributed by atoms with E-state index in [2.05, 4.69) is 0 Å². The van der Waals surface area contributed by atoms with Crippen molar-refractivity contribution in [3.63, 3.8) is 0 Å². The molecule has 0 fully saturated rings. The fraction of sp³-hybridized carbons (Fsp3) is 0.533. The molecule has 0 heterocycles. The Morgan fingerprint density at radius 1 is 1.44 bits per heavy atom. The van der Waals surface area contributed by atoms with Crippen LogP contribution >= 0.6 is 0 Å². The third-order valence-electron chi connectivity index (χ3n) is 3.17. The molecular weight excluding hydrogens is 226 g/mol. The molecule has 0 spiro atoms. The van der Waals surface area contributed by atoms with E-state index in [0.29, 0.717) is 12.3 Å². The highest BCUT2D eigenvalue weighted by atomic mass is 16.5. The smallest absolute Gasteiger partial charge is 0.149 e. The highest BCUT2D eigenvalue weighted by Crippen LogP contribution is 2.14. The first kappa shape index (κ1) is 14.7. The maximum atomic E-state index is 11.8. The van der Waals surface area contributed by atoms with E-state index in [1.165, 1.54) is 0 Å². The van der Waals surface area contributed by atoms with Gasteiger partial charge in [0.15, 0.2) is 0 Å². The van der Waals surface area contributed by atoms with Crippen LogP contribution in [0.25, 0.3) is 0 Å². The second-order valence-corrected chi connectivity index (χ2v) is 4.80. The summed E-state index contributed by atoms with van der Waals surface area (Å²) in [4.78, 5) is 13.9. The van der Waals surface area contributed by atoms with E-state index in [4.69, 9.17) is 4.74 Å². The molecule has 100 valence electrons. The average Bonchev–Trinajstić information content (AvgIpc) is 2.37. The maximum Gasteiger partial charge on any atom is 0.149 e. The van der Waals surface area contributed by atoms with Gasteiger partial charge in [0.25, 0.3) is 0 Å². The van der Waals surface area contributed by atoms with Crippen LogP contribution in [-0.2, 0) is 11.3 Å². The van der Waals surface area contributed by atoms with Crippen LogP contribution in [0.15, 0.2) is 24.3 Å². The molecule has 0 bridgehead atoms. The second kappa shape index (κ2) is 7.17. The van der Waals surface area contributed by atoms with E-state index in [1.807, 2.05) is 50.1 Å². The number of rotatable bonds is 7. The summed E-state index contributed by atoms with van der Waals surface area (Å²) in [7, 11) is 3.63. The number of likely N-dealkylation sites (N-methyl/N-ethyl adjacent to an activating group) is 1. The third-order valence-corrected chi connectivity index (χ3v) is 3.17. The zero-order valence-electron chi connectivity index (χ0n) is 11.8. The van der Waals surface area contributed by atoms with E-state index in [-0.39, 0.29) is 5.92 Å². The second-order valence-electron chi connectivity index (χ2n) is 4.80. The van der Waals surface area contributed by atoms with Crippen LogP contribution in [0, 0.1) is 5.92 Å². The van der Waals surface area contributed by atoms with Gasteiger partial charge in [0.1, 0.15) is 11.5 Å². The molecule has 0 N–H and O–H groups in total. The number of ketones is 1. The van der Waals surface area contributed by atoms with Crippen molar-refractivity contribution < 1.29 is 9.53 Å². The number of Topliss-reactive ketones (excluding diaryl/α,β-unsaturated/α-hetero) is 1. The summed E-state index contributed by atoms with van der Waals surface area (Å²) in [6.45, 7) is 5.30. The fourth-order valence-corrected chi connectivity index (χ4v) is 1.79. The normalized spacial score (nSPS) is 12.5. The van der Waals surface area contributed by atoms with Crippen molar-refractivity contribution >= 4 is 5.78 Å². The van der Waals surface area contributed by atoms with Gasteiger partial charge >= 0.3 is 0 Å². The third kappa shape index (κ3) is 4.49. The number of carbonyl (C=O) groups excluding carboxylic acids is 1. The molecule has 0 saturated heterocycles. The van der Waals surface area contributed by atoms with Gasteiger partial charge in [-0.3, -0.25) is 9.69 Å². The summed E-state index contributed by atoms with van der Waals surface area (Å²) in [5.74, 6) is 1.31. The number of nitrogens with zero attached hydrogens (tertiary/aromatic N) is 1. The molecule has 1 atom stereocenters. The van der Waals surface area contributed by atoms with Gasteiger partial charge < -0.3 is 4.74 Å². The fourth-order valence-electron chi connectivity index (χ4n) is 1.79. The summed E-state index contributed by atoms with van der Waals surface area (Å²) >= 11 is 0. The van der Waals surface area contributed by atoms with Gasteiger partial charge in [0.05, 0.1) is 13.7 Å². The highest BCUT2D eigenvalue weighted by Gasteiger charge is 2.13. The van der Waals surface area contributed by atoms with Gasteiger partial charge in [0.2, 0.25) is 0 Å². The van der Waals surface area contributed by atoms with Gasteiger partial charge in [-0.15, -0.1) is 0 Å². The summed E-state index contributed by atoms with van der Waals surface area (Å²) in [5.41, 5.74) is 1.16. The predicted molar refractivity (Wildman–Crippen MR) is 73.8 cm³/mol. The van der Waals surface area contributed by atoms with Crippen LogP contribution in [0.5, 0.6) is 5.75 Å². The van der Waals surface area contributed by atoms with Crippen LogP contribution in [-0.4, -0.2) is 31.4 Å². The Morgan fingerprint density at radius 3 is 2.78 bits per heavy atom. The molecule has 3 heteroatoms. The molecule has 0 amide bonds. The van der Waals surface area contributed by atoms with Gasteiger partial charge in [-0.2, -0.15) is 0 Å². The van der Waals surface area contributed by atoms with E-state index in [0.717, 1.165) is 24.3 Å². The van der Waals surface area contributed by atoms with Crippen LogP contribution in [0.2, 0.25) is 0 Å². The highest BCUT2D eigenvalue weighted by molar-refractivity contribution is 5.82. The van der Waals surface area contributed by atoms with Crippen molar-refractivity contribution in [3.05, 3.63) is 29.8 Å². The first-order chi connectivity index (χ1) is 8.56. The maximum absolute atomic E-state index is 11.8. The van der Waals surface area contributed by atoms with Crippen molar-refractivity contribution in [2.24, 2.45) is 5.92 Å². The number of hydrogen-bond acceptors (Lipinski definition) is 3. The molecular formula is C15H23NO2. The minimum Gasteiger partial charge on any atom is -0.497 e. The Labute approximate surface area is 110 Å². The predicted octanol–water partition coefficient (Wildman–Crippen LogP) is 2.74. The van der Waals surface area contributed by atoms with Crippen molar-refractivity contribution in [2.45, 2.75) is 26.8 Å². The quantitative estimate of drug-likeness (QED) is 0.744. The van der Waals surface area contributed by atoms with Gasteiger partial charge in [0, 0.05) is 12.5 Å². The number of carbonyl (C=O) groups is 1. The van der Waals surface area contributed by atoms with E-state index >= 15 is 0 Å². The van der Waals surface area contributed by atoms with Crippen molar-refractivity contribution in [3.8, 4) is 5.75 Å².